The molecule has 4 heteroatoms. The minimum Gasteiger partial charge on any atom is -0.300 e. The van der Waals surface area contributed by atoms with Gasteiger partial charge in [-0.25, -0.2) is 8.42 Å². The van der Waals surface area contributed by atoms with Gasteiger partial charge in [0.2, 0.25) is 0 Å². The largest absolute Gasteiger partial charge is 0.300 e. The Morgan fingerprint density at radius 1 is 1.11 bits per heavy atom. The minimum atomic E-state index is -3.21. The van der Waals surface area contributed by atoms with Crippen LogP contribution >= 0.6 is 0 Å². The second-order valence-electron chi connectivity index (χ2n) is 4.95. The van der Waals surface area contributed by atoms with Crippen LogP contribution in [0.15, 0.2) is 29.2 Å². The van der Waals surface area contributed by atoms with Crippen LogP contribution in [0.3, 0.4) is 0 Å². The van der Waals surface area contributed by atoms with Gasteiger partial charge in [0.15, 0.2) is 9.84 Å². The zero-order valence-corrected chi connectivity index (χ0v) is 12.1. The fourth-order valence-electron chi connectivity index (χ4n) is 1.58. The quantitative estimate of drug-likeness (QED) is 0.825. The molecule has 1 aromatic rings. The molecule has 100 valence electrons. The maximum Gasteiger partial charge on any atom is 0.180 e. The molecule has 18 heavy (non-hydrogen) atoms. The van der Waals surface area contributed by atoms with Crippen molar-refractivity contribution < 1.29 is 13.2 Å². The summed E-state index contributed by atoms with van der Waals surface area (Å²) in [7, 11) is -3.21. The number of hydrogen-bond acceptors (Lipinski definition) is 3. The molecule has 1 aromatic carbocycles. The molecule has 0 spiro atoms. The summed E-state index contributed by atoms with van der Waals surface area (Å²) in [4.78, 5) is 11.5. The van der Waals surface area contributed by atoms with E-state index in [-0.39, 0.29) is 11.7 Å². The molecule has 0 aliphatic carbocycles. The Hall–Kier alpha value is -1.16. The monoisotopic (exact) mass is 268 g/mol. The lowest BCUT2D eigenvalue weighted by Crippen LogP contribution is -2.14. The minimum absolute atomic E-state index is 0.0300. The molecule has 0 bridgehead atoms. The van der Waals surface area contributed by atoms with Crippen molar-refractivity contribution in [2.24, 2.45) is 5.92 Å². The number of carbonyl (C=O) groups excluding carboxylic acids is 1. The Kier molecular flexibility index (Phi) is 4.68. The van der Waals surface area contributed by atoms with Crippen LogP contribution in [0.25, 0.3) is 0 Å². The van der Waals surface area contributed by atoms with Crippen LogP contribution < -0.4 is 0 Å². The topological polar surface area (TPSA) is 51.2 Å². The van der Waals surface area contributed by atoms with Crippen LogP contribution in [0.2, 0.25) is 0 Å². The first-order valence-corrected chi connectivity index (χ1v) is 7.63. The van der Waals surface area contributed by atoms with Gasteiger partial charge in [-0.05, 0) is 44.9 Å². The molecule has 0 aliphatic rings. The van der Waals surface area contributed by atoms with Gasteiger partial charge in [0.25, 0.3) is 0 Å². The molecule has 1 rings (SSSR count). The Labute approximate surface area is 109 Å². The lowest BCUT2D eigenvalue weighted by Gasteiger charge is -2.10. The van der Waals surface area contributed by atoms with Crippen molar-refractivity contribution in [3.05, 3.63) is 29.8 Å². The lowest BCUT2D eigenvalue weighted by molar-refractivity contribution is -0.120. The van der Waals surface area contributed by atoms with Crippen molar-refractivity contribution in [2.75, 3.05) is 0 Å². The van der Waals surface area contributed by atoms with Crippen LogP contribution in [0.5, 0.6) is 0 Å². The smallest absolute Gasteiger partial charge is 0.180 e. The molecule has 1 atom stereocenters. The first-order chi connectivity index (χ1) is 8.25. The van der Waals surface area contributed by atoms with Crippen molar-refractivity contribution in [3.63, 3.8) is 0 Å². The Morgan fingerprint density at radius 2 is 1.61 bits per heavy atom. The third kappa shape index (κ3) is 3.42. The summed E-state index contributed by atoms with van der Waals surface area (Å²) in [6.45, 7) is 6.78. The molecule has 0 saturated carbocycles. The van der Waals surface area contributed by atoms with Gasteiger partial charge < -0.3 is 0 Å². The summed E-state index contributed by atoms with van der Waals surface area (Å²) in [6.07, 6.45) is 0.650. The molecule has 0 amide bonds. The molecule has 1 unspecified atom stereocenters. The Morgan fingerprint density at radius 3 is 2.00 bits per heavy atom. The lowest BCUT2D eigenvalue weighted by atomic mass is 9.98. The fraction of sp³-hybridized carbons (Fsp3) is 0.500. The number of sulfone groups is 1. The van der Waals surface area contributed by atoms with Gasteiger partial charge in [-0.3, -0.25) is 4.79 Å². The molecule has 0 heterocycles. The first-order valence-electron chi connectivity index (χ1n) is 6.08. The summed E-state index contributed by atoms with van der Waals surface area (Å²) < 4.78 is 23.8. The highest BCUT2D eigenvalue weighted by molar-refractivity contribution is 7.92. The maximum atomic E-state index is 11.9. The van der Waals surface area contributed by atoms with E-state index in [0.717, 1.165) is 5.56 Å². The summed E-state index contributed by atoms with van der Waals surface area (Å²) in [6, 6.07) is 6.82. The van der Waals surface area contributed by atoms with Gasteiger partial charge in [-0.1, -0.05) is 19.1 Å². The van der Waals surface area contributed by atoms with Crippen molar-refractivity contribution in [3.8, 4) is 0 Å². The molecule has 0 radical (unpaired) electrons. The highest BCUT2D eigenvalue weighted by Gasteiger charge is 2.18. The van der Waals surface area contributed by atoms with Gasteiger partial charge in [-0.15, -0.1) is 0 Å². The van der Waals surface area contributed by atoms with Gasteiger partial charge in [0.05, 0.1) is 10.1 Å². The van der Waals surface area contributed by atoms with Crippen LogP contribution in [0, 0.1) is 5.92 Å². The molecule has 0 N–H and O–H groups in total. The zero-order chi connectivity index (χ0) is 13.9. The van der Waals surface area contributed by atoms with Crippen LogP contribution in [-0.2, 0) is 21.1 Å². The Balaban J connectivity index is 2.91. The molecule has 0 aromatic heterocycles. The van der Waals surface area contributed by atoms with Crippen molar-refractivity contribution in [2.45, 2.75) is 44.3 Å². The SMILES string of the molecule is CC(=O)C(C)Cc1ccc(S(=O)(=O)C(C)C)cc1. The molecule has 0 saturated heterocycles. The Bertz CT molecular complexity index is 512. The van der Waals surface area contributed by atoms with Crippen molar-refractivity contribution >= 4 is 15.6 Å². The first kappa shape index (κ1) is 14.9. The van der Waals surface area contributed by atoms with Crippen molar-refractivity contribution in [1.29, 1.82) is 0 Å². The average Bonchev–Trinajstić information content (AvgIpc) is 2.29. The van der Waals surface area contributed by atoms with Gasteiger partial charge in [-0.2, -0.15) is 0 Å². The summed E-state index contributed by atoms with van der Waals surface area (Å²) in [5.74, 6) is 0.117. The number of hydrogen-bond donors (Lipinski definition) is 0. The van der Waals surface area contributed by atoms with E-state index in [1.165, 1.54) is 0 Å². The highest BCUT2D eigenvalue weighted by Crippen LogP contribution is 2.18. The van der Waals surface area contributed by atoms with E-state index in [1.807, 2.05) is 6.92 Å². The number of Topliss-reactive ketones (excluding diaryl/α,β-unsaturated/α-hetero) is 1. The van der Waals surface area contributed by atoms with E-state index in [2.05, 4.69) is 0 Å². The van der Waals surface area contributed by atoms with Crippen LogP contribution in [0.1, 0.15) is 33.3 Å². The normalized spacial score (nSPS) is 13.6. The van der Waals surface area contributed by atoms with Crippen molar-refractivity contribution in [1.82, 2.24) is 0 Å². The van der Waals surface area contributed by atoms with E-state index in [1.54, 1.807) is 45.0 Å². The van der Waals surface area contributed by atoms with Gasteiger partial charge >= 0.3 is 0 Å². The molecule has 0 aliphatic heterocycles. The summed E-state index contributed by atoms with van der Waals surface area (Å²) in [5.41, 5.74) is 0.986. The van der Waals surface area contributed by atoms with Gasteiger partial charge in [0.1, 0.15) is 5.78 Å². The average molecular weight is 268 g/mol. The molecule has 0 fully saturated rings. The van der Waals surface area contributed by atoms with E-state index in [0.29, 0.717) is 11.3 Å². The number of benzene rings is 1. The predicted octanol–water partition coefficient (Wildman–Crippen LogP) is 2.64. The van der Waals surface area contributed by atoms with E-state index in [9.17, 15) is 13.2 Å². The summed E-state index contributed by atoms with van der Waals surface area (Å²) in [5, 5.41) is -0.417. The van der Waals surface area contributed by atoms with E-state index >= 15 is 0 Å². The van der Waals surface area contributed by atoms with Crippen LogP contribution in [-0.4, -0.2) is 19.5 Å². The van der Waals surface area contributed by atoms with E-state index < -0.39 is 15.1 Å². The second kappa shape index (κ2) is 5.65. The number of carbonyl (C=O) groups is 1. The highest BCUT2D eigenvalue weighted by atomic mass is 32.2. The van der Waals surface area contributed by atoms with Crippen LogP contribution in [0.4, 0.5) is 0 Å². The molecule has 3 nitrogen and oxygen atoms in total. The number of ketones is 1. The maximum absolute atomic E-state index is 11.9. The second-order valence-corrected chi connectivity index (χ2v) is 7.46. The predicted molar refractivity (Wildman–Crippen MR) is 72.3 cm³/mol. The van der Waals surface area contributed by atoms with Gasteiger partial charge in [0, 0.05) is 5.92 Å². The molecular formula is C14H20O3S. The third-order valence-electron chi connectivity index (χ3n) is 3.11. The van der Waals surface area contributed by atoms with E-state index in [4.69, 9.17) is 0 Å². The zero-order valence-electron chi connectivity index (χ0n) is 11.3. The summed E-state index contributed by atoms with van der Waals surface area (Å²) >= 11 is 0. The number of rotatable bonds is 5. The molecular weight excluding hydrogens is 248 g/mol. The fourth-order valence-corrected chi connectivity index (χ4v) is 2.64. The third-order valence-corrected chi connectivity index (χ3v) is 5.28. The standard InChI is InChI=1S/C14H20O3S/c1-10(2)18(16,17)14-7-5-13(6-8-14)9-11(3)12(4)15/h5-8,10-11H,9H2,1-4H3.